The van der Waals surface area contributed by atoms with Gasteiger partial charge in [0.05, 0.1) is 11.6 Å². The maximum atomic E-state index is 5.59. The van der Waals surface area contributed by atoms with Gasteiger partial charge in [0.25, 0.3) is 0 Å². The summed E-state index contributed by atoms with van der Waals surface area (Å²) in [4.78, 5) is 9.62. The van der Waals surface area contributed by atoms with Crippen LogP contribution in [-0.4, -0.2) is 30.9 Å². The third-order valence-corrected chi connectivity index (χ3v) is 1.92. The van der Waals surface area contributed by atoms with Crippen LogP contribution in [-0.2, 0) is 4.84 Å². The third kappa shape index (κ3) is 3.42. The van der Waals surface area contributed by atoms with Crippen LogP contribution in [0.3, 0.4) is 0 Å². The molecule has 1 heterocycles. The fraction of sp³-hybridized carbons (Fsp3) is 0.889. The Labute approximate surface area is 79.5 Å². The van der Waals surface area contributed by atoms with Crippen molar-refractivity contribution >= 4 is 6.21 Å². The molecule has 13 heavy (non-hydrogen) atoms. The number of nitrogens with one attached hydrogen (secondary N) is 1. The highest BCUT2D eigenvalue weighted by Crippen LogP contribution is 2.11. The molecule has 2 atom stereocenters. The zero-order valence-electron chi connectivity index (χ0n) is 8.58. The van der Waals surface area contributed by atoms with Gasteiger partial charge in [-0.25, -0.2) is 0 Å². The van der Waals surface area contributed by atoms with Crippen LogP contribution in [0.1, 0.15) is 20.8 Å². The van der Waals surface area contributed by atoms with E-state index in [2.05, 4.69) is 10.5 Å². The second kappa shape index (κ2) is 4.17. The van der Waals surface area contributed by atoms with Crippen LogP contribution < -0.4 is 11.2 Å². The molecule has 2 unspecified atom stereocenters. The maximum Gasteiger partial charge on any atom is 0.0813 e. The molecule has 0 amide bonds. The second-order valence-corrected chi connectivity index (χ2v) is 4.37. The topological polar surface area (TPSA) is 59.6 Å². The zero-order chi connectivity index (χ0) is 9.90. The first-order chi connectivity index (χ1) is 6.03. The zero-order valence-corrected chi connectivity index (χ0v) is 8.58. The molecular formula is C9H19N3O. The van der Waals surface area contributed by atoms with Gasteiger partial charge in [0, 0.05) is 18.7 Å². The van der Waals surface area contributed by atoms with Crippen LogP contribution in [0.5, 0.6) is 0 Å². The number of nitrogens with zero attached hydrogens (tertiary/aromatic N) is 1. The highest BCUT2D eigenvalue weighted by molar-refractivity contribution is 5.67. The van der Waals surface area contributed by atoms with Crippen molar-refractivity contribution in [3.8, 4) is 0 Å². The molecule has 3 N–H and O–H groups in total. The molecule has 0 bridgehead atoms. The van der Waals surface area contributed by atoms with Crippen LogP contribution in [0, 0.1) is 5.92 Å². The smallest absolute Gasteiger partial charge is 0.0813 e. The van der Waals surface area contributed by atoms with Crippen molar-refractivity contribution in [2.75, 3.05) is 13.1 Å². The SMILES string of the molecule is CC(C)(C)ONC1C=NCC1CN. The van der Waals surface area contributed by atoms with Gasteiger partial charge >= 0.3 is 0 Å². The van der Waals surface area contributed by atoms with Crippen LogP contribution in [0.4, 0.5) is 0 Å². The predicted octanol–water partition coefficient (Wildman–Crippen LogP) is 0.334. The first-order valence-corrected chi connectivity index (χ1v) is 4.66. The number of hydrogen-bond donors (Lipinski definition) is 2. The summed E-state index contributed by atoms with van der Waals surface area (Å²) in [7, 11) is 0. The second-order valence-electron chi connectivity index (χ2n) is 4.37. The van der Waals surface area contributed by atoms with Crippen LogP contribution in [0.15, 0.2) is 4.99 Å². The summed E-state index contributed by atoms with van der Waals surface area (Å²) in [6.07, 6.45) is 1.88. The van der Waals surface area contributed by atoms with Gasteiger partial charge in [0.15, 0.2) is 0 Å². The lowest BCUT2D eigenvalue weighted by Gasteiger charge is -2.24. The minimum absolute atomic E-state index is 0.171. The van der Waals surface area contributed by atoms with E-state index in [9.17, 15) is 0 Å². The minimum atomic E-state index is -0.171. The van der Waals surface area contributed by atoms with E-state index in [0.29, 0.717) is 12.5 Å². The standard InChI is InChI=1S/C9H19N3O/c1-9(2,3)13-12-8-6-11-5-7(8)4-10/h6-8,12H,4-5,10H2,1-3H3. The van der Waals surface area contributed by atoms with Gasteiger partial charge in [0.1, 0.15) is 0 Å². The van der Waals surface area contributed by atoms with Crippen molar-refractivity contribution in [2.24, 2.45) is 16.6 Å². The fourth-order valence-electron chi connectivity index (χ4n) is 1.14. The Kier molecular flexibility index (Phi) is 3.41. The summed E-state index contributed by atoms with van der Waals surface area (Å²) in [6, 6.07) is 0.171. The highest BCUT2D eigenvalue weighted by Gasteiger charge is 2.24. The number of hydrogen-bond acceptors (Lipinski definition) is 4. The molecule has 0 saturated heterocycles. The fourth-order valence-corrected chi connectivity index (χ4v) is 1.14. The van der Waals surface area contributed by atoms with Crippen LogP contribution in [0.25, 0.3) is 0 Å². The van der Waals surface area contributed by atoms with Gasteiger partial charge in [-0.1, -0.05) is 0 Å². The van der Waals surface area contributed by atoms with Crippen molar-refractivity contribution in [3.63, 3.8) is 0 Å². The molecule has 0 aliphatic carbocycles. The molecule has 1 aliphatic heterocycles. The Balaban J connectivity index is 2.32. The van der Waals surface area contributed by atoms with E-state index >= 15 is 0 Å². The van der Waals surface area contributed by atoms with Crippen molar-refractivity contribution in [1.82, 2.24) is 5.48 Å². The van der Waals surface area contributed by atoms with Gasteiger partial charge in [-0.2, -0.15) is 5.48 Å². The molecule has 0 radical (unpaired) electrons. The van der Waals surface area contributed by atoms with E-state index in [1.807, 2.05) is 27.0 Å². The molecule has 4 nitrogen and oxygen atoms in total. The van der Waals surface area contributed by atoms with E-state index in [1.54, 1.807) is 0 Å². The number of aliphatic imine (C=N–C) groups is 1. The average Bonchev–Trinajstić information content (AvgIpc) is 2.46. The van der Waals surface area contributed by atoms with Gasteiger partial charge in [-0.3, -0.25) is 9.83 Å². The van der Waals surface area contributed by atoms with E-state index in [-0.39, 0.29) is 11.6 Å². The van der Waals surface area contributed by atoms with Crippen molar-refractivity contribution < 1.29 is 4.84 Å². The minimum Gasteiger partial charge on any atom is -0.330 e. The molecule has 0 aromatic heterocycles. The highest BCUT2D eigenvalue weighted by atomic mass is 16.7. The summed E-state index contributed by atoms with van der Waals surface area (Å²) < 4.78 is 0. The Hall–Kier alpha value is -0.450. The molecule has 4 heteroatoms. The first-order valence-electron chi connectivity index (χ1n) is 4.66. The first kappa shape index (κ1) is 10.6. The van der Waals surface area contributed by atoms with Crippen molar-refractivity contribution in [2.45, 2.75) is 32.4 Å². The summed E-state index contributed by atoms with van der Waals surface area (Å²) in [6.45, 7) is 7.46. The summed E-state index contributed by atoms with van der Waals surface area (Å²) >= 11 is 0. The lowest BCUT2D eigenvalue weighted by atomic mass is 10.1. The monoisotopic (exact) mass is 185 g/mol. The quantitative estimate of drug-likeness (QED) is 0.623. The number of hydroxylamine groups is 1. The van der Waals surface area contributed by atoms with Crippen LogP contribution in [0.2, 0.25) is 0 Å². The maximum absolute atomic E-state index is 5.59. The predicted molar refractivity (Wildman–Crippen MR) is 53.7 cm³/mol. The van der Waals surface area contributed by atoms with Crippen LogP contribution >= 0.6 is 0 Å². The van der Waals surface area contributed by atoms with Gasteiger partial charge in [-0.05, 0) is 27.3 Å². The van der Waals surface area contributed by atoms with Crippen molar-refractivity contribution in [3.05, 3.63) is 0 Å². The molecule has 0 saturated carbocycles. The summed E-state index contributed by atoms with van der Waals surface area (Å²) in [5, 5.41) is 0. The van der Waals surface area contributed by atoms with E-state index in [4.69, 9.17) is 10.6 Å². The van der Waals surface area contributed by atoms with Crippen molar-refractivity contribution in [1.29, 1.82) is 0 Å². The Morgan fingerprint density at radius 2 is 2.31 bits per heavy atom. The molecule has 1 rings (SSSR count). The number of rotatable bonds is 3. The molecule has 0 spiro atoms. The van der Waals surface area contributed by atoms with Gasteiger partial charge in [0.2, 0.25) is 0 Å². The van der Waals surface area contributed by atoms with Gasteiger partial charge < -0.3 is 5.73 Å². The van der Waals surface area contributed by atoms with Gasteiger partial charge in [-0.15, -0.1) is 0 Å². The Bertz CT molecular complexity index is 186. The lowest BCUT2D eigenvalue weighted by molar-refractivity contribution is -0.0833. The molecule has 76 valence electrons. The Morgan fingerprint density at radius 3 is 2.85 bits per heavy atom. The van der Waals surface area contributed by atoms with E-state index < -0.39 is 0 Å². The van der Waals surface area contributed by atoms with E-state index in [0.717, 1.165) is 6.54 Å². The molecule has 1 aliphatic rings. The van der Waals surface area contributed by atoms with E-state index in [1.165, 1.54) is 0 Å². The Morgan fingerprint density at radius 1 is 1.62 bits per heavy atom. The largest absolute Gasteiger partial charge is 0.330 e. The lowest BCUT2D eigenvalue weighted by Crippen LogP contribution is -2.42. The number of nitrogens with two attached hydrogens (primary N) is 1. The summed E-state index contributed by atoms with van der Waals surface area (Å²) in [5.41, 5.74) is 8.41. The molecule has 0 fully saturated rings. The normalized spacial score (nSPS) is 28.3. The third-order valence-electron chi connectivity index (χ3n) is 1.92. The molecular weight excluding hydrogens is 166 g/mol. The molecule has 0 aromatic rings. The molecule has 0 aromatic carbocycles. The summed E-state index contributed by atoms with van der Waals surface area (Å²) in [5.74, 6) is 0.377. The average molecular weight is 185 g/mol.